The topological polar surface area (TPSA) is 41.5 Å². The van der Waals surface area contributed by atoms with Gasteiger partial charge in [0.05, 0.1) is 10.6 Å². The summed E-state index contributed by atoms with van der Waals surface area (Å²) >= 11 is 4.74. The molecule has 3 rings (SSSR count). The predicted molar refractivity (Wildman–Crippen MR) is 91.4 cm³/mol. The summed E-state index contributed by atoms with van der Waals surface area (Å²) in [6.07, 6.45) is 1.86. The maximum atomic E-state index is 12.0. The second kappa shape index (κ2) is 6.28. The average molecular weight is 359 g/mol. The minimum atomic E-state index is -0.113. The summed E-state index contributed by atoms with van der Waals surface area (Å²) in [5.41, 5.74) is 1.81. The number of nitrogens with one attached hydrogen (secondary N) is 1. The number of carbonyl (C=O) groups excluding carboxylic acids is 1. The van der Waals surface area contributed by atoms with Gasteiger partial charge in [-0.3, -0.25) is 4.79 Å². The minimum Gasteiger partial charge on any atom is -0.300 e. The lowest BCUT2D eigenvalue weighted by Crippen LogP contribution is -2.19. The van der Waals surface area contributed by atoms with Crippen LogP contribution < -0.4 is 5.32 Å². The highest BCUT2D eigenvalue weighted by Crippen LogP contribution is 2.28. The Morgan fingerprint density at radius 1 is 1.05 bits per heavy atom. The van der Waals surface area contributed by atoms with Gasteiger partial charge in [0.2, 0.25) is 0 Å². The molecule has 1 amide bonds. The van der Waals surface area contributed by atoms with Crippen molar-refractivity contribution in [3.63, 3.8) is 0 Å². The number of amides is 1. The third kappa shape index (κ3) is 3.62. The Hall–Kier alpha value is -1.85. The van der Waals surface area contributed by atoms with Crippen molar-refractivity contribution in [1.82, 2.24) is 5.32 Å². The molecule has 0 atom stereocenters. The number of halogens is 1. The summed E-state index contributed by atoms with van der Waals surface area (Å²) in [6, 6.07) is 17.4. The van der Waals surface area contributed by atoms with E-state index in [2.05, 4.69) is 26.2 Å². The number of para-hydroxylation sites is 1. The number of benzene rings is 2. The summed E-state index contributed by atoms with van der Waals surface area (Å²) in [5.74, 6) is -0.113. The van der Waals surface area contributed by atoms with E-state index in [1.807, 2.05) is 60.7 Å². The van der Waals surface area contributed by atoms with Gasteiger partial charge in [0.15, 0.2) is 5.17 Å². The maximum Gasteiger partial charge on any atom is 0.264 e. The van der Waals surface area contributed by atoms with E-state index in [-0.39, 0.29) is 5.91 Å². The smallest absolute Gasteiger partial charge is 0.264 e. The largest absolute Gasteiger partial charge is 0.300 e. The molecule has 1 saturated heterocycles. The Bertz CT molecular complexity index is 724. The zero-order valence-corrected chi connectivity index (χ0v) is 13.3. The Kier molecular flexibility index (Phi) is 4.22. The van der Waals surface area contributed by atoms with E-state index in [1.165, 1.54) is 11.8 Å². The van der Waals surface area contributed by atoms with Crippen molar-refractivity contribution in [2.45, 2.75) is 0 Å². The van der Waals surface area contributed by atoms with Crippen molar-refractivity contribution >= 4 is 50.5 Å². The molecule has 1 fully saturated rings. The predicted octanol–water partition coefficient (Wildman–Crippen LogP) is 4.34. The lowest BCUT2D eigenvalue weighted by Gasteiger charge is -1.95. The zero-order valence-electron chi connectivity index (χ0n) is 10.9. The van der Waals surface area contributed by atoms with Gasteiger partial charge in [-0.25, -0.2) is 4.99 Å². The number of hydrogen-bond donors (Lipinski definition) is 1. The molecule has 1 heterocycles. The molecule has 1 N–H and O–H groups in total. The molecule has 0 unspecified atom stereocenters. The van der Waals surface area contributed by atoms with Crippen molar-refractivity contribution in [2.75, 3.05) is 0 Å². The van der Waals surface area contributed by atoms with Gasteiger partial charge < -0.3 is 5.32 Å². The van der Waals surface area contributed by atoms with E-state index in [0.29, 0.717) is 10.1 Å². The Labute approximate surface area is 135 Å². The molecule has 0 aromatic heterocycles. The van der Waals surface area contributed by atoms with Crippen molar-refractivity contribution in [2.24, 2.45) is 4.99 Å². The number of aliphatic imine (C=N–C) groups is 1. The van der Waals surface area contributed by atoms with E-state index < -0.39 is 0 Å². The highest BCUT2D eigenvalue weighted by atomic mass is 79.9. The van der Waals surface area contributed by atoms with Crippen molar-refractivity contribution < 1.29 is 4.79 Å². The number of rotatable bonds is 2. The van der Waals surface area contributed by atoms with Gasteiger partial charge in [0.1, 0.15) is 0 Å². The molecule has 21 heavy (non-hydrogen) atoms. The fraction of sp³-hybridized carbons (Fsp3) is 0. The molecule has 0 saturated carbocycles. The minimum absolute atomic E-state index is 0.113. The lowest BCUT2D eigenvalue weighted by molar-refractivity contribution is -0.115. The van der Waals surface area contributed by atoms with Crippen molar-refractivity contribution in [1.29, 1.82) is 0 Å². The van der Waals surface area contributed by atoms with E-state index in [9.17, 15) is 4.79 Å². The van der Waals surface area contributed by atoms with E-state index in [1.54, 1.807) is 0 Å². The van der Waals surface area contributed by atoms with Crippen LogP contribution in [0.3, 0.4) is 0 Å². The third-order valence-corrected chi connectivity index (χ3v) is 4.24. The highest BCUT2D eigenvalue weighted by Gasteiger charge is 2.23. The molecule has 0 aliphatic carbocycles. The molecule has 0 bridgehead atoms. The van der Waals surface area contributed by atoms with Gasteiger partial charge >= 0.3 is 0 Å². The van der Waals surface area contributed by atoms with Crippen LogP contribution in [0.5, 0.6) is 0 Å². The monoisotopic (exact) mass is 358 g/mol. The molecule has 5 heteroatoms. The molecule has 104 valence electrons. The van der Waals surface area contributed by atoms with Gasteiger partial charge in [-0.1, -0.05) is 46.3 Å². The normalized spacial score (nSPS) is 18.2. The second-order valence-electron chi connectivity index (χ2n) is 4.37. The number of amidine groups is 1. The summed E-state index contributed by atoms with van der Waals surface area (Å²) in [6.45, 7) is 0. The third-order valence-electron chi connectivity index (χ3n) is 2.81. The molecule has 1 aliphatic rings. The Balaban J connectivity index is 1.82. The highest BCUT2D eigenvalue weighted by molar-refractivity contribution is 9.10. The van der Waals surface area contributed by atoms with Crippen LogP contribution in [0, 0.1) is 0 Å². The van der Waals surface area contributed by atoms with Crippen LogP contribution in [0.15, 0.2) is 69.0 Å². The van der Waals surface area contributed by atoms with Crippen LogP contribution in [-0.2, 0) is 4.79 Å². The Morgan fingerprint density at radius 3 is 2.48 bits per heavy atom. The summed E-state index contributed by atoms with van der Waals surface area (Å²) in [4.78, 5) is 17.0. The first-order valence-corrected chi connectivity index (χ1v) is 7.92. The molecule has 3 nitrogen and oxygen atoms in total. The van der Waals surface area contributed by atoms with Gasteiger partial charge in [0, 0.05) is 4.47 Å². The number of hydrogen-bond acceptors (Lipinski definition) is 3. The molecular formula is C16H11BrN2OS. The van der Waals surface area contributed by atoms with Crippen LogP contribution in [0.4, 0.5) is 5.69 Å². The molecule has 2 aromatic carbocycles. The molecule has 1 aliphatic heterocycles. The molecular weight excluding hydrogens is 348 g/mol. The standard InChI is InChI=1S/C16H11BrN2OS/c17-12-8-6-11(7-9-12)10-14-15(20)19-16(21-14)18-13-4-2-1-3-5-13/h1-10H,(H,18,19,20)/b14-10+. The summed E-state index contributed by atoms with van der Waals surface area (Å²) < 4.78 is 1.01. The van der Waals surface area contributed by atoms with Gasteiger partial charge in [0.25, 0.3) is 5.91 Å². The fourth-order valence-corrected chi connectivity index (χ4v) is 2.92. The van der Waals surface area contributed by atoms with E-state index in [4.69, 9.17) is 0 Å². The average Bonchev–Trinajstić information content (AvgIpc) is 2.82. The summed E-state index contributed by atoms with van der Waals surface area (Å²) in [5, 5.41) is 3.39. The van der Waals surface area contributed by atoms with Crippen molar-refractivity contribution in [3.05, 3.63) is 69.5 Å². The molecule has 2 aromatic rings. The van der Waals surface area contributed by atoms with Crippen LogP contribution in [0.2, 0.25) is 0 Å². The number of nitrogens with zero attached hydrogens (tertiary/aromatic N) is 1. The first kappa shape index (κ1) is 14.1. The maximum absolute atomic E-state index is 12.0. The van der Waals surface area contributed by atoms with Crippen LogP contribution in [-0.4, -0.2) is 11.1 Å². The first-order chi connectivity index (χ1) is 10.2. The van der Waals surface area contributed by atoms with Crippen molar-refractivity contribution in [3.8, 4) is 0 Å². The fourth-order valence-electron chi connectivity index (χ4n) is 1.81. The molecule has 0 spiro atoms. The number of thioether (sulfide) groups is 1. The molecule has 0 radical (unpaired) electrons. The van der Waals surface area contributed by atoms with Crippen LogP contribution >= 0.6 is 27.7 Å². The Morgan fingerprint density at radius 2 is 1.76 bits per heavy atom. The summed E-state index contributed by atoms with van der Waals surface area (Å²) in [7, 11) is 0. The quantitative estimate of drug-likeness (QED) is 0.811. The van der Waals surface area contributed by atoms with Gasteiger partial charge in [-0.05, 0) is 47.7 Å². The van der Waals surface area contributed by atoms with Gasteiger partial charge in [-0.2, -0.15) is 0 Å². The van der Waals surface area contributed by atoms with Crippen LogP contribution in [0.25, 0.3) is 6.08 Å². The SMILES string of the molecule is O=C1NC(=Nc2ccccc2)S/C1=C/c1ccc(Br)cc1. The lowest BCUT2D eigenvalue weighted by atomic mass is 10.2. The van der Waals surface area contributed by atoms with Gasteiger partial charge in [-0.15, -0.1) is 0 Å². The van der Waals surface area contributed by atoms with E-state index >= 15 is 0 Å². The number of carbonyl (C=O) groups is 1. The zero-order chi connectivity index (χ0) is 14.7. The van der Waals surface area contributed by atoms with Crippen LogP contribution in [0.1, 0.15) is 5.56 Å². The second-order valence-corrected chi connectivity index (χ2v) is 6.32. The first-order valence-electron chi connectivity index (χ1n) is 6.31. The van der Waals surface area contributed by atoms with E-state index in [0.717, 1.165) is 15.7 Å².